The predicted octanol–water partition coefficient (Wildman–Crippen LogP) is 2.28. The summed E-state index contributed by atoms with van der Waals surface area (Å²) < 4.78 is 5.02. The minimum absolute atomic E-state index is 0.608. The van der Waals surface area contributed by atoms with Crippen LogP contribution in [0, 0.1) is 18.8 Å². The fraction of sp³-hybridized carbons (Fsp3) is 0.800. The molecule has 3 rings (SSSR count). The summed E-state index contributed by atoms with van der Waals surface area (Å²) in [5.41, 5.74) is 0. The van der Waals surface area contributed by atoms with Gasteiger partial charge in [-0.3, -0.25) is 0 Å². The van der Waals surface area contributed by atoms with Gasteiger partial charge in [-0.25, -0.2) is 0 Å². The Morgan fingerprint density at radius 3 is 2.77 bits per heavy atom. The van der Waals surface area contributed by atoms with Gasteiger partial charge in [0.2, 0.25) is 5.89 Å². The first kappa shape index (κ1) is 7.54. The summed E-state index contributed by atoms with van der Waals surface area (Å²) in [5, 5.41) is 4.03. The van der Waals surface area contributed by atoms with E-state index in [-0.39, 0.29) is 0 Å². The molecule has 1 aromatic rings. The zero-order valence-electron chi connectivity index (χ0n) is 7.86. The second-order valence-corrected chi connectivity index (χ2v) is 4.45. The molecule has 13 heavy (non-hydrogen) atoms. The quantitative estimate of drug-likeness (QED) is 0.662. The topological polar surface area (TPSA) is 38.9 Å². The van der Waals surface area contributed by atoms with Crippen LogP contribution < -0.4 is 0 Å². The van der Waals surface area contributed by atoms with Crippen LogP contribution in [-0.4, -0.2) is 10.1 Å². The van der Waals surface area contributed by atoms with Gasteiger partial charge in [-0.15, -0.1) is 0 Å². The second kappa shape index (κ2) is 2.56. The number of hydrogen-bond acceptors (Lipinski definition) is 3. The molecule has 0 spiro atoms. The molecule has 0 aliphatic heterocycles. The molecule has 3 atom stereocenters. The van der Waals surface area contributed by atoms with E-state index in [4.69, 9.17) is 4.52 Å². The summed E-state index contributed by atoms with van der Waals surface area (Å²) in [6, 6.07) is 0. The molecule has 1 heterocycles. The fourth-order valence-corrected chi connectivity index (χ4v) is 3.03. The van der Waals surface area contributed by atoms with Crippen LogP contribution in [0.4, 0.5) is 0 Å². The van der Waals surface area contributed by atoms with Crippen LogP contribution in [0.2, 0.25) is 0 Å². The van der Waals surface area contributed by atoms with Crippen LogP contribution in [0.3, 0.4) is 0 Å². The van der Waals surface area contributed by atoms with Crippen LogP contribution in [0.1, 0.15) is 43.3 Å². The van der Waals surface area contributed by atoms with Crippen molar-refractivity contribution in [1.29, 1.82) is 0 Å². The van der Waals surface area contributed by atoms with Crippen molar-refractivity contribution < 1.29 is 4.52 Å². The summed E-state index contributed by atoms with van der Waals surface area (Å²) in [6.45, 7) is 1.86. The summed E-state index contributed by atoms with van der Waals surface area (Å²) in [6.07, 6.45) is 5.50. The normalized spacial score (nSPS) is 37.2. The zero-order valence-corrected chi connectivity index (χ0v) is 7.86. The molecule has 1 aromatic heterocycles. The Morgan fingerprint density at radius 1 is 1.31 bits per heavy atom. The highest BCUT2D eigenvalue weighted by Gasteiger charge is 2.42. The van der Waals surface area contributed by atoms with Crippen LogP contribution in [-0.2, 0) is 0 Å². The summed E-state index contributed by atoms with van der Waals surface area (Å²) in [5.74, 6) is 4.08. The highest BCUT2D eigenvalue weighted by Crippen LogP contribution is 2.52. The maximum absolute atomic E-state index is 5.02. The highest BCUT2D eigenvalue weighted by atomic mass is 16.5. The molecule has 70 valence electrons. The van der Waals surface area contributed by atoms with Gasteiger partial charge in [0.05, 0.1) is 0 Å². The van der Waals surface area contributed by atoms with E-state index in [1.165, 1.54) is 25.7 Å². The SMILES string of the molecule is Cc1nc(C2CC3CCC2C3)no1. The number of hydrogen-bond donors (Lipinski definition) is 0. The zero-order chi connectivity index (χ0) is 8.84. The van der Waals surface area contributed by atoms with Gasteiger partial charge in [-0.1, -0.05) is 11.6 Å². The van der Waals surface area contributed by atoms with Gasteiger partial charge in [-0.2, -0.15) is 4.98 Å². The predicted molar refractivity (Wildman–Crippen MR) is 47.2 cm³/mol. The van der Waals surface area contributed by atoms with Crippen LogP contribution in [0.25, 0.3) is 0 Å². The minimum atomic E-state index is 0.608. The molecule has 3 unspecified atom stereocenters. The van der Waals surface area contributed by atoms with Gasteiger partial charge in [-0.05, 0) is 31.1 Å². The van der Waals surface area contributed by atoms with Crippen molar-refractivity contribution in [2.75, 3.05) is 0 Å². The molecule has 0 aromatic carbocycles. The summed E-state index contributed by atoms with van der Waals surface area (Å²) >= 11 is 0. The Morgan fingerprint density at radius 2 is 2.23 bits per heavy atom. The molecule has 2 fully saturated rings. The van der Waals surface area contributed by atoms with E-state index in [0.29, 0.717) is 11.8 Å². The monoisotopic (exact) mass is 178 g/mol. The average molecular weight is 178 g/mol. The van der Waals surface area contributed by atoms with Gasteiger partial charge in [0, 0.05) is 12.8 Å². The Labute approximate surface area is 77.5 Å². The molecule has 0 N–H and O–H groups in total. The van der Waals surface area contributed by atoms with Gasteiger partial charge in [0.1, 0.15) is 0 Å². The van der Waals surface area contributed by atoms with Crippen molar-refractivity contribution in [2.45, 2.75) is 38.5 Å². The van der Waals surface area contributed by atoms with Crippen LogP contribution in [0.15, 0.2) is 4.52 Å². The first-order chi connectivity index (χ1) is 6.33. The number of aromatic nitrogens is 2. The van der Waals surface area contributed by atoms with Gasteiger partial charge < -0.3 is 4.52 Å². The van der Waals surface area contributed by atoms with E-state index < -0.39 is 0 Å². The molecular formula is C10H14N2O. The molecule has 3 nitrogen and oxygen atoms in total. The number of aryl methyl sites for hydroxylation is 1. The Hall–Kier alpha value is -0.860. The molecule has 0 saturated heterocycles. The van der Waals surface area contributed by atoms with Gasteiger partial charge in [0.25, 0.3) is 0 Å². The lowest BCUT2D eigenvalue weighted by molar-refractivity contribution is 0.359. The lowest BCUT2D eigenvalue weighted by Crippen LogP contribution is -2.09. The Balaban J connectivity index is 1.87. The van der Waals surface area contributed by atoms with Gasteiger partial charge >= 0.3 is 0 Å². The van der Waals surface area contributed by atoms with Crippen LogP contribution in [0.5, 0.6) is 0 Å². The molecule has 2 aliphatic rings. The van der Waals surface area contributed by atoms with Crippen molar-refractivity contribution in [2.24, 2.45) is 11.8 Å². The molecule has 2 saturated carbocycles. The number of rotatable bonds is 1. The van der Waals surface area contributed by atoms with Crippen molar-refractivity contribution in [3.63, 3.8) is 0 Å². The molecule has 2 bridgehead atoms. The minimum Gasteiger partial charge on any atom is -0.340 e. The van der Waals surface area contributed by atoms with E-state index >= 15 is 0 Å². The van der Waals surface area contributed by atoms with Crippen molar-refractivity contribution >= 4 is 0 Å². The molecule has 3 heteroatoms. The molecule has 0 radical (unpaired) electrons. The first-order valence-corrected chi connectivity index (χ1v) is 5.13. The average Bonchev–Trinajstić information content (AvgIpc) is 2.77. The third-order valence-corrected chi connectivity index (χ3v) is 3.61. The summed E-state index contributed by atoms with van der Waals surface area (Å²) in [4.78, 5) is 4.33. The lowest BCUT2D eigenvalue weighted by atomic mass is 9.88. The Bertz CT molecular complexity index is 320. The molecule has 0 amide bonds. The fourth-order valence-electron chi connectivity index (χ4n) is 3.03. The van der Waals surface area contributed by atoms with Crippen molar-refractivity contribution in [3.8, 4) is 0 Å². The maximum atomic E-state index is 5.02. The molecule has 2 aliphatic carbocycles. The number of fused-ring (bicyclic) bond motifs is 2. The summed E-state index contributed by atoms with van der Waals surface area (Å²) in [7, 11) is 0. The first-order valence-electron chi connectivity index (χ1n) is 5.13. The maximum Gasteiger partial charge on any atom is 0.223 e. The van der Waals surface area contributed by atoms with Crippen molar-refractivity contribution in [3.05, 3.63) is 11.7 Å². The van der Waals surface area contributed by atoms with E-state index in [1.807, 2.05) is 6.92 Å². The van der Waals surface area contributed by atoms with E-state index in [9.17, 15) is 0 Å². The van der Waals surface area contributed by atoms with Crippen molar-refractivity contribution in [1.82, 2.24) is 10.1 Å². The van der Waals surface area contributed by atoms with E-state index in [0.717, 1.165) is 17.7 Å². The highest BCUT2D eigenvalue weighted by molar-refractivity contribution is 5.05. The van der Waals surface area contributed by atoms with Gasteiger partial charge in [0.15, 0.2) is 5.82 Å². The smallest absolute Gasteiger partial charge is 0.223 e. The standard InChI is InChI=1S/C10H14N2O/c1-6-11-10(12-13-6)9-5-7-2-3-8(9)4-7/h7-9H,2-5H2,1H3. The number of nitrogens with zero attached hydrogens (tertiary/aromatic N) is 2. The molecular weight excluding hydrogens is 164 g/mol. The van der Waals surface area contributed by atoms with Crippen LogP contribution >= 0.6 is 0 Å². The lowest BCUT2D eigenvalue weighted by Gasteiger charge is -2.17. The second-order valence-electron chi connectivity index (χ2n) is 4.45. The van der Waals surface area contributed by atoms with E-state index in [1.54, 1.807) is 0 Å². The third-order valence-electron chi connectivity index (χ3n) is 3.61. The largest absolute Gasteiger partial charge is 0.340 e. The third kappa shape index (κ3) is 1.10. The Kier molecular flexibility index (Phi) is 1.49. The van der Waals surface area contributed by atoms with E-state index in [2.05, 4.69) is 10.1 Å².